The van der Waals surface area contributed by atoms with E-state index in [0.717, 1.165) is 18.7 Å². The number of aryl methyl sites for hydroxylation is 1. The van der Waals surface area contributed by atoms with Crippen molar-refractivity contribution in [3.63, 3.8) is 0 Å². The van der Waals surface area contributed by atoms with Crippen molar-refractivity contribution in [3.05, 3.63) is 11.8 Å². The Labute approximate surface area is 84.9 Å². The van der Waals surface area contributed by atoms with Crippen molar-refractivity contribution in [2.24, 2.45) is 5.73 Å². The van der Waals surface area contributed by atoms with Gasteiger partial charge in [-0.25, -0.2) is 0 Å². The Bertz CT molecular complexity index is 247. The molecule has 0 bridgehead atoms. The lowest BCUT2D eigenvalue weighted by atomic mass is 10.1. The van der Waals surface area contributed by atoms with Gasteiger partial charge >= 0.3 is 0 Å². The molecule has 2 N–H and O–H groups in total. The monoisotopic (exact) mass is 197 g/mol. The van der Waals surface area contributed by atoms with E-state index in [1.807, 2.05) is 0 Å². The molecule has 0 saturated heterocycles. The fraction of sp³-hybridized carbons (Fsp3) is 0.800. The quantitative estimate of drug-likeness (QED) is 0.679. The fourth-order valence-electron chi connectivity index (χ4n) is 1.35. The first-order chi connectivity index (χ1) is 6.86. The summed E-state index contributed by atoms with van der Waals surface area (Å²) in [7, 11) is 0. The van der Waals surface area contributed by atoms with Crippen molar-refractivity contribution < 1.29 is 4.42 Å². The molecule has 0 radical (unpaired) electrons. The van der Waals surface area contributed by atoms with Crippen LogP contribution in [-0.2, 0) is 13.0 Å². The molecule has 1 aromatic rings. The average molecular weight is 197 g/mol. The summed E-state index contributed by atoms with van der Waals surface area (Å²) in [6, 6.07) is 0. The topological polar surface area (TPSA) is 64.9 Å². The second-order valence-electron chi connectivity index (χ2n) is 3.46. The van der Waals surface area contributed by atoms with E-state index >= 15 is 0 Å². The van der Waals surface area contributed by atoms with E-state index in [1.54, 1.807) is 0 Å². The highest BCUT2D eigenvalue weighted by Gasteiger charge is 2.03. The highest BCUT2D eigenvalue weighted by Crippen LogP contribution is 2.07. The molecule has 0 aromatic carbocycles. The lowest BCUT2D eigenvalue weighted by Crippen LogP contribution is -1.95. The first-order valence-corrected chi connectivity index (χ1v) is 5.38. The fourth-order valence-corrected chi connectivity index (χ4v) is 1.35. The van der Waals surface area contributed by atoms with Gasteiger partial charge in [0.25, 0.3) is 0 Å². The van der Waals surface area contributed by atoms with Crippen molar-refractivity contribution >= 4 is 0 Å². The maximum absolute atomic E-state index is 5.36. The summed E-state index contributed by atoms with van der Waals surface area (Å²) in [6.07, 6.45) is 7.15. The molecule has 0 aliphatic rings. The molecule has 0 aliphatic heterocycles. The Kier molecular flexibility index (Phi) is 5.22. The van der Waals surface area contributed by atoms with E-state index in [0.29, 0.717) is 12.4 Å². The molecule has 0 spiro atoms. The summed E-state index contributed by atoms with van der Waals surface area (Å²) in [5.41, 5.74) is 5.36. The standard InChI is InChI=1S/C10H19N3O/c1-2-3-4-5-6-7-9-12-13-10(8-11)14-9/h2-8,11H2,1H3. The van der Waals surface area contributed by atoms with E-state index in [2.05, 4.69) is 17.1 Å². The number of unbranched alkanes of at least 4 members (excludes halogenated alkanes) is 4. The van der Waals surface area contributed by atoms with Crippen molar-refractivity contribution in [3.8, 4) is 0 Å². The molecule has 1 rings (SSSR count). The predicted molar refractivity (Wildman–Crippen MR) is 54.7 cm³/mol. The lowest BCUT2D eigenvalue weighted by Gasteiger charge is -1.96. The van der Waals surface area contributed by atoms with Crippen LogP contribution in [0.25, 0.3) is 0 Å². The molecular weight excluding hydrogens is 178 g/mol. The van der Waals surface area contributed by atoms with E-state index in [4.69, 9.17) is 10.2 Å². The maximum Gasteiger partial charge on any atom is 0.230 e. The summed E-state index contributed by atoms with van der Waals surface area (Å²) in [4.78, 5) is 0. The van der Waals surface area contributed by atoms with Crippen LogP contribution in [0.5, 0.6) is 0 Å². The minimum Gasteiger partial charge on any atom is -0.424 e. The van der Waals surface area contributed by atoms with Crippen LogP contribution in [0.3, 0.4) is 0 Å². The first kappa shape index (κ1) is 11.2. The van der Waals surface area contributed by atoms with Crippen LogP contribution in [0.1, 0.15) is 50.8 Å². The van der Waals surface area contributed by atoms with Gasteiger partial charge in [0.05, 0.1) is 6.54 Å². The summed E-state index contributed by atoms with van der Waals surface area (Å²) in [6.45, 7) is 2.55. The highest BCUT2D eigenvalue weighted by atomic mass is 16.4. The third-order valence-corrected chi connectivity index (χ3v) is 2.18. The van der Waals surface area contributed by atoms with Crippen LogP contribution in [0.4, 0.5) is 0 Å². The van der Waals surface area contributed by atoms with Crippen LogP contribution in [0.2, 0.25) is 0 Å². The smallest absolute Gasteiger partial charge is 0.230 e. The van der Waals surface area contributed by atoms with Crippen molar-refractivity contribution in [2.75, 3.05) is 0 Å². The Morgan fingerprint density at radius 2 is 1.79 bits per heavy atom. The number of nitrogens with two attached hydrogens (primary N) is 1. The molecule has 0 fully saturated rings. The number of nitrogens with zero attached hydrogens (tertiary/aromatic N) is 2. The molecule has 80 valence electrons. The molecule has 1 aromatic heterocycles. The van der Waals surface area contributed by atoms with Crippen LogP contribution in [0, 0.1) is 0 Å². The molecule has 0 amide bonds. The second-order valence-corrected chi connectivity index (χ2v) is 3.46. The Balaban J connectivity index is 2.12. The van der Waals surface area contributed by atoms with Gasteiger partial charge < -0.3 is 10.2 Å². The van der Waals surface area contributed by atoms with Gasteiger partial charge in [0, 0.05) is 6.42 Å². The zero-order valence-electron chi connectivity index (χ0n) is 8.83. The largest absolute Gasteiger partial charge is 0.424 e. The van der Waals surface area contributed by atoms with Gasteiger partial charge in [-0.2, -0.15) is 0 Å². The third kappa shape index (κ3) is 3.87. The molecule has 1 heterocycles. The van der Waals surface area contributed by atoms with Crippen LogP contribution in [-0.4, -0.2) is 10.2 Å². The molecule has 0 atom stereocenters. The summed E-state index contributed by atoms with van der Waals surface area (Å²) in [5.74, 6) is 1.26. The third-order valence-electron chi connectivity index (χ3n) is 2.18. The van der Waals surface area contributed by atoms with Gasteiger partial charge in [-0.15, -0.1) is 10.2 Å². The van der Waals surface area contributed by atoms with Gasteiger partial charge in [-0.1, -0.05) is 32.6 Å². The Morgan fingerprint density at radius 1 is 1.07 bits per heavy atom. The van der Waals surface area contributed by atoms with Gasteiger partial charge in [0.1, 0.15) is 0 Å². The molecular formula is C10H19N3O. The normalized spacial score (nSPS) is 10.7. The SMILES string of the molecule is CCCCCCCc1nnc(CN)o1. The van der Waals surface area contributed by atoms with E-state index < -0.39 is 0 Å². The summed E-state index contributed by atoms with van der Waals surface area (Å²) < 4.78 is 5.29. The highest BCUT2D eigenvalue weighted by molar-refractivity contribution is 4.80. The van der Waals surface area contributed by atoms with Gasteiger partial charge in [-0.3, -0.25) is 0 Å². The maximum atomic E-state index is 5.36. The number of hydrogen-bond donors (Lipinski definition) is 1. The average Bonchev–Trinajstić information content (AvgIpc) is 2.65. The van der Waals surface area contributed by atoms with Gasteiger partial charge in [0.2, 0.25) is 11.8 Å². The predicted octanol–water partition coefficient (Wildman–Crippen LogP) is 2.04. The van der Waals surface area contributed by atoms with Gasteiger partial charge in [-0.05, 0) is 6.42 Å². The molecule has 14 heavy (non-hydrogen) atoms. The molecule has 4 nitrogen and oxygen atoms in total. The van der Waals surface area contributed by atoms with E-state index in [-0.39, 0.29) is 0 Å². The second kappa shape index (κ2) is 6.54. The van der Waals surface area contributed by atoms with Crippen molar-refractivity contribution in [2.45, 2.75) is 52.0 Å². The molecule has 0 aliphatic carbocycles. The van der Waals surface area contributed by atoms with Crippen LogP contribution >= 0.6 is 0 Å². The number of rotatable bonds is 7. The van der Waals surface area contributed by atoms with Crippen LogP contribution < -0.4 is 5.73 Å². The zero-order valence-corrected chi connectivity index (χ0v) is 8.83. The molecule has 4 heteroatoms. The van der Waals surface area contributed by atoms with Gasteiger partial charge in [0.15, 0.2) is 0 Å². The summed E-state index contributed by atoms with van der Waals surface area (Å²) >= 11 is 0. The number of hydrogen-bond acceptors (Lipinski definition) is 4. The van der Waals surface area contributed by atoms with E-state index in [1.165, 1.54) is 25.7 Å². The zero-order chi connectivity index (χ0) is 10.2. The Hall–Kier alpha value is -0.900. The summed E-state index contributed by atoms with van der Waals surface area (Å²) in [5, 5.41) is 7.72. The van der Waals surface area contributed by atoms with Crippen molar-refractivity contribution in [1.29, 1.82) is 0 Å². The first-order valence-electron chi connectivity index (χ1n) is 5.38. The van der Waals surface area contributed by atoms with E-state index in [9.17, 15) is 0 Å². The van der Waals surface area contributed by atoms with Crippen LogP contribution in [0.15, 0.2) is 4.42 Å². The minimum atomic E-state index is 0.336. The Morgan fingerprint density at radius 3 is 2.43 bits per heavy atom. The molecule has 0 saturated carbocycles. The lowest BCUT2D eigenvalue weighted by molar-refractivity contribution is 0.441. The van der Waals surface area contributed by atoms with Crippen molar-refractivity contribution in [1.82, 2.24) is 10.2 Å². The number of aromatic nitrogens is 2. The minimum absolute atomic E-state index is 0.336. The molecule has 0 unspecified atom stereocenters.